The Labute approximate surface area is 210 Å². The van der Waals surface area contributed by atoms with Crippen molar-refractivity contribution in [3.63, 3.8) is 0 Å². The third-order valence-electron chi connectivity index (χ3n) is 5.99. The Kier molecular flexibility index (Phi) is 5.72. The number of benzene rings is 2. The van der Waals surface area contributed by atoms with Crippen LogP contribution >= 0.6 is 22.6 Å². The Hall–Kier alpha value is -3.12. The molecule has 0 unspecified atom stereocenters. The molecule has 0 radical (unpaired) electrons. The molecule has 0 saturated carbocycles. The molecule has 8 nitrogen and oxygen atoms in total. The Bertz CT molecular complexity index is 1520. The van der Waals surface area contributed by atoms with Gasteiger partial charge in [-0.15, -0.1) is 0 Å². The van der Waals surface area contributed by atoms with Crippen molar-refractivity contribution in [3.05, 3.63) is 81.7 Å². The molecular weight excluding hydrogens is 569 g/mol. The maximum absolute atomic E-state index is 13.3. The van der Waals surface area contributed by atoms with Gasteiger partial charge in [0.15, 0.2) is 5.65 Å². The smallest absolute Gasteiger partial charge is 0.407 e. The number of rotatable bonds is 4. The quantitative estimate of drug-likeness (QED) is 0.326. The first-order chi connectivity index (χ1) is 16.3. The molecule has 0 fully saturated rings. The van der Waals surface area contributed by atoms with Crippen LogP contribution in [0.1, 0.15) is 24.1 Å². The van der Waals surface area contributed by atoms with Crippen LogP contribution in [0.3, 0.4) is 0 Å². The zero-order chi connectivity index (χ0) is 24.0. The van der Waals surface area contributed by atoms with Crippen LogP contribution in [0.5, 0.6) is 11.5 Å². The molecule has 0 bridgehead atoms. The number of hydrogen-bond acceptors (Lipinski definition) is 5. The minimum atomic E-state index is -3.85. The molecular formula is C24H20IN3O5S. The monoisotopic (exact) mass is 589 g/mol. The first-order valence-electron chi connectivity index (χ1n) is 10.5. The molecule has 10 heteroatoms. The maximum atomic E-state index is 13.3. The van der Waals surface area contributed by atoms with Crippen molar-refractivity contribution in [2.75, 3.05) is 6.54 Å². The summed E-state index contributed by atoms with van der Waals surface area (Å²) in [5.41, 5.74) is 2.26. The summed E-state index contributed by atoms with van der Waals surface area (Å²) in [7, 11) is -3.85. The van der Waals surface area contributed by atoms with E-state index in [9.17, 15) is 18.3 Å². The minimum absolute atomic E-state index is 0.171. The molecule has 0 aliphatic carbocycles. The summed E-state index contributed by atoms with van der Waals surface area (Å²) in [5.74, 6) is 1.00. The van der Waals surface area contributed by atoms with Gasteiger partial charge in [-0.3, -0.25) is 0 Å². The summed E-state index contributed by atoms with van der Waals surface area (Å²) < 4.78 is 34.5. The standard InChI is InChI=1S/C24H20IN3O5S/c1-15-19-13-17(8-7-16(19)10-12-27(15)24(29)30)33-21-9-11-26-23-20(21)14-22(25)28(23)34(31,32)18-5-3-2-4-6-18/h2-9,11,13-15H,10,12H2,1H3,(H,29,30)/t15-/m0/s1. The molecule has 0 saturated heterocycles. The fraction of sp³-hybridized carbons (Fsp3) is 0.167. The van der Waals surface area contributed by atoms with Gasteiger partial charge in [0.1, 0.15) is 11.5 Å². The number of nitrogens with zero attached hydrogens (tertiary/aromatic N) is 3. The lowest BCUT2D eigenvalue weighted by Crippen LogP contribution is -2.37. The van der Waals surface area contributed by atoms with E-state index in [1.807, 2.05) is 47.7 Å². The minimum Gasteiger partial charge on any atom is -0.465 e. The van der Waals surface area contributed by atoms with Crippen LogP contribution in [0.4, 0.5) is 4.79 Å². The van der Waals surface area contributed by atoms with Gasteiger partial charge < -0.3 is 14.7 Å². The number of hydrogen-bond donors (Lipinski definition) is 1. The van der Waals surface area contributed by atoms with E-state index in [-0.39, 0.29) is 16.6 Å². The third-order valence-corrected chi connectivity index (χ3v) is 8.83. The van der Waals surface area contributed by atoms with Crippen molar-refractivity contribution in [3.8, 4) is 11.5 Å². The van der Waals surface area contributed by atoms with Gasteiger partial charge in [-0.25, -0.2) is 22.2 Å². The normalized spacial score (nSPS) is 15.8. The Morgan fingerprint density at radius 1 is 1.15 bits per heavy atom. The van der Waals surface area contributed by atoms with E-state index in [2.05, 4.69) is 4.98 Å². The van der Waals surface area contributed by atoms with Crippen molar-refractivity contribution in [1.29, 1.82) is 0 Å². The zero-order valence-corrected chi connectivity index (χ0v) is 21.0. The predicted octanol–water partition coefficient (Wildman–Crippen LogP) is 5.27. The second-order valence-corrected chi connectivity index (χ2v) is 10.9. The molecule has 34 heavy (non-hydrogen) atoms. The summed E-state index contributed by atoms with van der Waals surface area (Å²) in [6.07, 6.45) is 1.21. The molecule has 1 aliphatic heterocycles. The lowest BCUT2D eigenvalue weighted by molar-refractivity contribution is 0.124. The summed E-state index contributed by atoms with van der Waals surface area (Å²) in [6.45, 7) is 2.31. The number of aromatic nitrogens is 2. The highest BCUT2D eigenvalue weighted by Crippen LogP contribution is 2.37. The molecule has 2 aromatic carbocycles. The fourth-order valence-electron chi connectivity index (χ4n) is 4.28. The average molecular weight is 589 g/mol. The number of halogens is 1. The summed E-state index contributed by atoms with van der Waals surface area (Å²) in [5, 5.41) is 10.0. The number of pyridine rings is 1. The molecule has 5 rings (SSSR count). The van der Waals surface area contributed by atoms with Gasteiger partial charge in [0.25, 0.3) is 10.0 Å². The van der Waals surface area contributed by atoms with Crippen molar-refractivity contribution in [1.82, 2.24) is 13.9 Å². The topological polar surface area (TPSA) is 102 Å². The molecule has 4 aromatic rings. The van der Waals surface area contributed by atoms with Crippen LogP contribution in [0.25, 0.3) is 11.0 Å². The van der Waals surface area contributed by atoms with Crippen LogP contribution in [0.15, 0.2) is 71.8 Å². The first kappa shape index (κ1) is 22.7. The second kappa shape index (κ2) is 8.58. The highest BCUT2D eigenvalue weighted by molar-refractivity contribution is 14.1. The van der Waals surface area contributed by atoms with E-state index in [1.165, 1.54) is 15.1 Å². The number of ether oxygens (including phenoxy) is 1. The molecule has 0 spiro atoms. The Morgan fingerprint density at radius 3 is 2.65 bits per heavy atom. The van der Waals surface area contributed by atoms with E-state index >= 15 is 0 Å². The highest BCUT2D eigenvalue weighted by atomic mass is 127. The van der Waals surface area contributed by atoms with Crippen LogP contribution in [0, 0.1) is 3.70 Å². The maximum Gasteiger partial charge on any atom is 0.407 e. The lowest BCUT2D eigenvalue weighted by atomic mass is 9.93. The number of carbonyl (C=O) groups is 1. The number of carboxylic acid groups (broad SMARTS) is 1. The largest absolute Gasteiger partial charge is 0.465 e. The second-order valence-electron chi connectivity index (χ2n) is 7.96. The van der Waals surface area contributed by atoms with E-state index in [0.29, 0.717) is 33.6 Å². The van der Waals surface area contributed by atoms with E-state index in [1.54, 1.807) is 42.5 Å². The SMILES string of the molecule is C[C@H]1c2cc(Oc3ccnc4c3cc(I)n4S(=O)(=O)c3ccccc3)ccc2CCN1C(=O)O. The van der Waals surface area contributed by atoms with Crippen molar-refractivity contribution >= 4 is 49.7 Å². The average Bonchev–Trinajstić information content (AvgIpc) is 3.17. The van der Waals surface area contributed by atoms with Crippen LogP contribution in [-0.4, -0.2) is 40.0 Å². The fourth-order valence-corrected chi connectivity index (χ4v) is 6.97. The summed E-state index contributed by atoms with van der Waals surface area (Å²) in [6, 6.07) is 17.0. The van der Waals surface area contributed by atoms with Crippen molar-refractivity contribution in [2.24, 2.45) is 0 Å². The molecule has 1 atom stereocenters. The molecule has 1 aliphatic rings. The van der Waals surface area contributed by atoms with Gasteiger partial charge in [0.05, 0.1) is 20.0 Å². The number of fused-ring (bicyclic) bond motifs is 2. The van der Waals surface area contributed by atoms with Gasteiger partial charge in [-0.1, -0.05) is 24.3 Å². The van der Waals surface area contributed by atoms with Gasteiger partial charge in [-0.05, 0) is 83.5 Å². The van der Waals surface area contributed by atoms with Crippen LogP contribution in [0.2, 0.25) is 0 Å². The molecule has 2 aromatic heterocycles. The van der Waals surface area contributed by atoms with E-state index in [4.69, 9.17) is 4.74 Å². The highest BCUT2D eigenvalue weighted by Gasteiger charge is 2.28. The zero-order valence-electron chi connectivity index (χ0n) is 18.1. The van der Waals surface area contributed by atoms with Gasteiger partial charge in [0.2, 0.25) is 0 Å². The predicted molar refractivity (Wildman–Crippen MR) is 135 cm³/mol. The van der Waals surface area contributed by atoms with Crippen LogP contribution in [-0.2, 0) is 16.4 Å². The Balaban J connectivity index is 1.55. The van der Waals surface area contributed by atoms with Gasteiger partial charge in [0, 0.05) is 12.7 Å². The van der Waals surface area contributed by atoms with Crippen molar-refractivity contribution in [2.45, 2.75) is 24.3 Å². The third kappa shape index (κ3) is 3.80. The lowest BCUT2D eigenvalue weighted by Gasteiger charge is -2.33. The van der Waals surface area contributed by atoms with Crippen LogP contribution < -0.4 is 4.74 Å². The first-order valence-corrected chi connectivity index (χ1v) is 13.1. The molecule has 1 amide bonds. The molecule has 1 N–H and O–H groups in total. The van der Waals surface area contributed by atoms with Gasteiger partial charge in [-0.2, -0.15) is 0 Å². The summed E-state index contributed by atoms with van der Waals surface area (Å²) >= 11 is 1.98. The van der Waals surface area contributed by atoms with E-state index < -0.39 is 16.1 Å². The van der Waals surface area contributed by atoms with Gasteiger partial charge >= 0.3 is 6.09 Å². The van der Waals surface area contributed by atoms with E-state index in [0.717, 1.165) is 11.1 Å². The van der Waals surface area contributed by atoms with Crippen molar-refractivity contribution < 1.29 is 23.1 Å². The molecule has 174 valence electrons. The summed E-state index contributed by atoms with van der Waals surface area (Å²) in [4.78, 5) is 17.5. The number of amides is 1. The molecule has 3 heterocycles. The Morgan fingerprint density at radius 2 is 1.91 bits per heavy atom.